The maximum atomic E-state index is 10.8. The zero-order valence-corrected chi connectivity index (χ0v) is 10.3. The summed E-state index contributed by atoms with van der Waals surface area (Å²) in [5.41, 5.74) is 2.07. The summed E-state index contributed by atoms with van der Waals surface area (Å²) in [4.78, 5) is 12.9. The summed E-state index contributed by atoms with van der Waals surface area (Å²) < 4.78 is 5.83. The molecule has 0 saturated carbocycles. The number of anilines is 1. The molecule has 1 heterocycles. The zero-order chi connectivity index (χ0) is 12.6. The van der Waals surface area contributed by atoms with Crippen LogP contribution in [0.2, 0.25) is 0 Å². The van der Waals surface area contributed by atoms with Gasteiger partial charge < -0.3 is 14.7 Å². The van der Waals surface area contributed by atoms with Gasteiger partial charge in [0.05, 0.1) is 18.2 Å². The van der Waals surface area contributed by atoms with E-state index in [0.29, 0.717) is 0 Å². The number of hydrogen-bond acceptors (Lipinski definition) is 3. The first-order valence-electron chi connectivity index (χ1n) is 5.71. The second-order valence-electron chi connectivity index (χ2n) is 4.53. The molecule has 0 saturated heterocycles. The van der Waals surface area contributed by atoms with Gasteiger partial charge in [0.2, 0.25) is 0 Å². The van der Waals surface area contributed by atoms with Crippen molar-refractivity contribution in [3.05, 3.63) is 23.8 Å². The molecular weight excluding hydrogens is 218 g/mol. The van der Waals surface area contributed by atoms with Gasteiger partial charge >= 0.3 is 5.97 Å². The summed E-state index contributed by atoms with van der Waals surface area (Å²) >= 11 is 0. The zero-order valence-electron chi connectivity index (χ0n) is 10.3. The monoisotopic (exact) mass is 235 g/mol. The number of aliphatic carboxylic acids is 1. The van der Waals surface area contributed by atoms with Crippen LogP contribution in [0.3, 0.4) is 0 Å². The molecule has 4 nitrogen and oxygen atoms in total. The van der Waals surface area contributed by atoms with Crippen LogP contribution in [-0.2, 0) is 4.79 Å². The SMILES string of the molecule is Cc1cccc2c1OC(CC(=O)O)C(C)N2C. The number of para-hydroxylation sites is 1. The Balaban J connectivity index is 2.36. The molecule has 1 aliphatic heterocycles. The quantitative estimate of drug-likeness (QED) is 0.852. The van der Waals surface area contributed by atoms with Gasteiger partial charge in [-0.15, -0.1) is 0 Å². The lowest BCUT2D eigenvalue weighted by Gasteiger charge is -2.39. The molecule has 0 aliphatic carbocycles. The Bertz CT molecular complexity index is 444. The molecule has 1 N–H and O–H groups in total. The Morgan fingerprint density at radius 3 is 2.88 bits per heavy atom. The fourth-order valence-electron chi connectivity index (χ4n) is 2.17. The largest absolute Gasteiger partial charge is 0.485 e. The molecule has 1 aromatic carbocycles. The topological polar surface area (TPSA) is 49.8 Å². The van der Waals surface area contributed by atoms with Gasteiger partial charge in [0.1, 0.15) is 11.9 Å². The highest BCUT2D eigenvalue weighted by Crippen LogP contribution is 2.38. The molecule has 0 bridgehead atoms. The molecule has 0 spiro atoms. The number of carboxylic acids is 1. The van der Waals surface area contributed by atoms with Crippen molar-refractivity contribution in [2.45, 2.75) is 32.4 Å². The first-order valence-corrected chi connectivity index (χ1v) is 5.71. The van der Waals surface area contributed by atoms with Gasteiger partial charge in [-0.1, -0.05) is 12.1 Å². The van der Waals surface area contributed by atoms with Gasteiger partial charge in [0.25, 0.3) is 0 Å². The van der Waals surface area contributed by atoms with Crippen LogP contribution in [0, 0.1) is 6.92 Å². The number of hydrogen-bond donors (Lipinski definition) is 1. The molecule has 17 heavy (non-hydrogen) atoms. The number of aryl methyl sites for hydroxylation is 1. The van der Waals surface area contributed by atoms with E-state index in [4.69, 9.17) is 9.84 Å². The van der Waals surface area contributed by atoms with Crippen molar-refractivity contribution in [3.63, 3.8) is 0 Å². The predicted octanol–water partition coefficient (Wildman–Crippen LogP) is 2.06. The van der Waals surface area contributed by atoms with Crippen molar-refractivity contribution in [1.82, 2.24) is 0 Å². The summed E-state index contributed by atoms with van der Waals surface area (Å²) in [5, 5.41) is 8.89. The maximum Gasteiger partial charge on any atom is 0.307 e. The molecule has 0 fully saturated rings. The third-order valence-electron chi connectivity index (χ3n) is 3.37. The Kier molecular flexibility index (Phi) is 2.96. The lowest BCUT2D eigenvalue weighted by Crippen LogP contribution is -2.47. The van der Waals surface area contributed by atoms with Gasteiger partial charge in [-0.2, -0.15) is 0 Å². The van der Waals surface area contributed by atoms with Gasteiger partial charge in [-0.25, -0.2) is 0 Å². The van der Waals surface area contributed by atoms with E-state index in [1.807, 2.05) is 39.1 Å². The Morgan fingerprint density at radius 1 is 1.53 bits per heavy atom. The number of fused-ring (bicyclic) bond motifs is 1. The van der Waals surface area contributed by atoms with E-state index in [1.54, 1.807) is 0 Å². The van der Waals surface area contributed by atoms with E-state index in [1.165, 1.54) is 0 Å². The van der Waals surface area contributed by atoms with Gasteiger partial charge in [0.15, 0.2) is 0 Å². The van der Waals surface area contributed by atoms with Crippen molar-refractivity contribution in [2.75, 3.05) is 11.9 Å². The van der Waals surface area contributed by atoms with Crippen LogP contribution in [-0.4, -0.2) is 30.3 Å². The highest BCUT2D eigenvalue weighted by molar-refractivity contribution is 5.69. The Morgan fingerprint density at radius 2 is 2.24 bits per heavy atom. The van der Waals surface area contributed by atoms with E-state index < -0.39 is 5.97 Å². The predicted molar refractivity (Wildman–Crippen MR) is 65.7 cm³/mol. The molecular formula is C13H17NO3. The molecule has 0 aromatic heterocycles. The summed E-state index contributed by atoms with van der Waals surface area (Å²) in [7, 11) is 1.97. The number of nitrogens with zero attached hydrogens (tertiary/aromatic N) is 1. The van der Waals surface area contributed by atoms with Crippen LogP contribution in [0.1, 0.15) is 18.9 Å². The molecule has 4 heteroatoms. The second-order valence-corrected chi connectivity index (χ2v) is 4.53. The van der Waals surface area contributed by atoms with Crippen LogP contribution < -0.4 is 9.64 Å². The number of carbonyl (C=O) groups is 1. The number of rotatable bonds is 2. The molecule has 0 radical (unpaired) electrons. The van der Waals surface area contributed by atoms with Gasteiger partial charge in [-0.05, 0) is 25.5 Å². The molecule has 2 unspecified atom stereocenters. The van der Waals surface area contributed by atoms with Crippen LogP contribution in [0.5, 0.6) is 5.75 Å². The molecule has 0 amide bonds. The second kappa shape index (κ2) is 4.28. The van der Waals surface area contributed by atoms with Crippen molar-refractivity contribution >= 4 is 11.7 Å². The number of benzene rings is 1. The average Bonchev–Trinajstić information content (AvgIpc) is 2.26. The van der Waals surface area contributed by atoms with Crippen LogP contribution in [0.15, 0.2) is 18.2 Å². The molecule has 2 rings (SSSR count). The van der Waals surface area contributed by atoms with Crippen molar-refractivity contribution in [2.24, 2.45) is 0 Å². The van der Waals surface area contributed by atoms with E-state index in [0.717, 1.165) is 17.0 Å². The maximum absolute atomic E-state index is 10.8. The van der Waals surface area contributed by atoms with Crippen LogP contribution >= 0.6 is 0 Å². The minimum atomic E-state index is -0.827. The Labute approximate surface area is 101 Å². The Hall–Kier alpha value is -1.71. The van der Waals surface area contributed by atoms with E-state index in [2.05, 4.69) is 4.90 Å². The fourth-order valence-corrected chi connectivity index (χ4v) is 2.17. The highest BCUT2D eigenvalue weighted by Gasteiger charge is 2.32. The van der Waals surface area contributed by atoms with E-state index in [-0.39, 0.29) is 18.6 Å². The summed E-state index contributed by atoms with van der Waals surface area (Å²) in [6.45, 7) is 3.96. The molecule has 1 aromatic rings. The van der Waals surface area contributed by atoms with E-state index >= 15 is 0 Å². The van der Waals surface area contributed by atoms with Gasteiger partial charge in [-0.3, -0.25) is 4.79 Å². The first-order chi connectivity index (χ1) is 8.00. The number of carboxylic acid groups (broad SMARTS) is 1. The van der Waals surface area contributed by atoms with E-state index in [9.17, 15) is 4.79 Å². The third kappa shape index (κ3) is 2.07. The minimum Gasteiger partial charge on any atom is -0.485 e. The van der Waals surface area contributed by atoms with Gasteiger partial charge in [0, 0.05) is 7.05 Å². The van der Waals surface area contributed by atoms with Crippen molar-refractivity contribution in [1.29, 1.82) is 0 Å². The fraction of sp³-hybridized carbons (Fsp3) is 0.462. The average molecular weight is 235 g/mol. The number of likely N-dealkylation sites (N-methyl/N-ethyl adjacent to an activating group) is 1. The molecule has 2 atom stereocenters. The standard InChI is InChI=1S/C13H17NO3/c1-8-5-4-6-10-13(8)17-11(7-12(15)16)9(2)14(10)3/h4-6,9,11H,7H2,1-3H3,(H,15,16). The van der Waals surface area contributed by atoms with Crippen LogP contribution in [0.25, 0.3) is 0 Å². The summed E-state index contributed by atoms with van der Waals surface area (Å²) in [6, 6.07) is 6.01. The smallest absolute Gasteiger partial charge is 0.307 e. The number of ether oxygens (including phenoxy) is 1. The first kappa shape index (κ1) is 11.8. The summed E-state index contributed by atoms with van der Waals surface area (Å²) in [6.07, 6.45) is -0.273. The molecule has 92 valence electrons. The lowest BCUT2D eigenvalue weighted by molar-refractivity contribution is -0.139. The summed E-state index contributed by atoms with van der Waals surface area (Å²) in [5.74, 6) is -0.0216. The van der Waals surface area contributed by atoms with Crippen molar-refractivity contribution < 1.29 is 14.6 Å². The molecule has 1 aliphatic rings. The minimum absolute atomic E-state index is 0.0271. The van der Waals surface area contributed by atoms with Crippen LogP contribution in [0.4, 0.5) is 5.69 Å². The highest BCUT2D eigenvalue weighted by atomic mass is 16.5. The normalized spacial score (nSPS) is 22.9. The van der Waals surface area contributed by atoms with Crippen molar-refractivity contribution in [3.8, 4) is 5.75 Å². The third-order valence-corrected chi connectivity index (χ3v) is 3.37. The lowest BCUT2D eigenvalue weighted by atomic mass is 10.0.